The maximum atomic E-state index is 13.7. The number of rotatable bonds is 5. The zero-order chi connectivity index (χ0) is 20.4. The Morgan fingerprint density at radius 3 is 2.45 bits per heavy atom. The molecular weight excluding hydrogens is 367 g/mol. The Morgan fingerprint density at radius 1 is 1.03 bits per heavy atom. The summed E-state index contributed by atoms with van der Waals surface area (Å²) >= 11 is 0. The second-order valence-corrected chi connectivity index (χ2v) is 8.27. The Balaban J connectivity index is 1.47. The second kappa shape index (κ2) is 8.36. The van der Waals surface area contributed by atoms with E-state index in [1.807, 2.05) is 41.3 Å². The molecule has 2 fully saturated rings. The van der Waals surface area contributed by atoms with Gasteiger partial charge in [0.25, 0.3) is 0 Å². The zero-order valence-electron chi connectivity index (χ0n) is 16.7. The zero-order valence-corrected chi connectivity index (χ0v) is 16.7. The molecule has 2 amide bonds. The van der Waals surface area contributed by atoms with E-state index in [0.29, 0.717) is 25.1 Å². The number of benzene rings is 2. The number of carbonyl (C=O) groups excluding carboxylic acids is 2. The SMILES string of the molecule is Cc1cc([C@H]2CC[C@H](C(=O)NCc3ccccc3)CN2C(=O)C2CC2)ccc1F. The highest BCUT2D eigenvalue weighted by Crippen LogP contribution is 2.39. The van der Waals surface area contributed by atoms with Crippen LogP contribution < -0.4 is 5.32 Å². The predicted octanol–water partition coefficient (Wildman–Crippen LogP) is 4.14. The molecule has 0 unspecified atom stereocenters. The number of amides is 2. The minimum absolute atomic E-state index is 0.00353. The number of aryl methyl sites for hydroxylation is 1. The van der Waals surface area contributed by atoms with Crippen LogP contribution in [-0.2, 0) is 16.1 Å². The van der Waals surface area contributed by atoms with E-state index in [9.17, 15) is 14.0 Å². The Bertz CT molecular complexity index is 895. The van der Waals surface area contributed by atoms with Crippen LogP contribution in [0.25, 0.3) is 0 Å². The minimum atomic E-state index is -0.234. The molecule has 2 aliphatic rings. The molecule has 29 heavy (non-hydrogen) atoms. The van der Waals surface area contributed by atoms with Gasteiger partial charge in [-0.25, -0.2) is 4.39 Å². The second-order valence-electron chi connectivity index (χ2n) is 8.27. The fourth-order valence-corrected chi connectivity index (χ4v) is 4.14. The van der Waals surface area contributed by atoms with Crippen molar-refractivity contribution in [3.63, 3.8) is 0 Å². The quantitative estimate of drug-likeness (QED) is 0.829. The molecule has 0 bridgehead atoms. The molecule has 2 aromatic carbocycles. The summed E-state index contributed by atoms with van der Waals surface area (Å²) in [6, 6.07) is 14.8. The van der Waals surface area contributed by atoms with Gasteiger partial charge in [-0.3, -0.25) is 9.59 Å². The van der Waals surface area contributed by atoms with E-state index in [1.165, 1.54) is 6.07 Å². The van der Waals surface area contributed by atoms with Gasteiger partial charge in [0.2, 0.25) is 11.8 Å². The van der Waals surface area contributed by atoms with Crippen LogP contribution in [-0.4, -0.2) is 23.3 Å². The van der Waals surface area contributed by atoms with Crippen LogP contribution in [0.2, 0.25) is 0 Å². The molecule has 1 aliphatic heterocycles. The van der Waals surface area contributed by atoms with Crippen LogP contribution in [0, 0.1) is 24.6 Å². The number of nitrogens with one attached hydrogen (secondary N) is 1. The van der Waals surface area contributed by atoms with Gasteiger partial charge in [-0.05, 0) is 55.4 Å². The number of piperidine rings is 1. The Labute approximate surface area is 171 Å². The number of hydrogen-bond donors (Lipinski definition) is 1. The number of likely N-dealkylation sites (tertiary alicyclic amines) is 1. The van der Waals surface area contributed by atoms with Crippen molar-refractivity contribution < 1.29 is 14.0 Å². The highest BCUT2D eigenvalue weighted by atomic mass is 19.1. The fraction of sp³-hybridized carbons (Fsp3) is 0.417. The summed E-state index contributed by atoms with van der Waals surface area (Å²) in [5.74, 6) is -0.221. The summed E-state index contributed by atoms with van der Waals surface area (Å²) < 4.78 is 13.7. The van der Waals surface area contributed by atoms with E-state index in [-0.39, 0.29) is 35.5 Å². The van der Waals surface area contributed by atoms with E-state index in [1.54, 1.807) is 13.0 Å². The molecular formula is C24H27FN2O2. The molecule has 4 rings (SSSR count). The molecule has 5 heteroatoms. The standard InChI is InChI=1S/C24H27FN2O2/c1-16-13-19(9-11-21(16)25)22-12-10-20(15-27(22)24(29)18-7-8-18)23(28)26-14-17-5-3-2-4-6-17/h2-6,9,11,13,18,20,22H,7-8,10,12,14-15H2,1H3,(H,26,28)/t20-,22+/m0/s1. The van der Waals surface area contributed by atoms with Crippen molar-refractivity contribution in [3.8, 4) is 0 Å². The third kappa shape index (κ3) is 4.50. The predicted molar refractivity (Wildman–Crippen MR) is 109 cm³/mol. The lowest BCUT2D eigenvalue weighted by Crippen LogP contribution is -2.47. The molecule has 1 N–H and O–H groups in total. The Kier molecular flexibility index (Phi) is 5.65. The molecule has 2 atom stereocenters. The third-order valence-electron chi connectivity index (χ3n) is 6.04. The summed E-state index contributed by atoms with van der Waals surface area (Å²) in [4.78, 5) is 27.6. The fourth-order valence-electron chi connectivity index (χ4n) is 4.14. The lowest BCUT2D eigenvalue weighted by Gasteiger charge is -2.40. The Hall–Kier alpha value is -2.69. The van der Waals surface area contributed by atoms with E-state index in [4.69, 9.17) is 0 Å². The molecule has 1 aliphatic carbocycles. The van der Waals surface area contributed by atoms with E-state index in [2.05, 4.69) is 5.32 Å². The lowest BCUT2D eigenvalue weighted by atomic mass is 9.87. The first-order chi connectivity index (χ1) is 14.0. The maximum Gasteiger partial charge on any atom is 0.226 e. The van der Waals surface area contributed by atoms with Crippen molar-refractivity contribution in [1.82, 2.24) is 10.2 Å². The van der Waals surface area contributed by atoms with Gasteiger partial charge in [-0.1, -0.05) is 42.5 Å². The van der Waals surface area contributed by atoms with Crippen LogP contribution in [0.5, 0.6) is 0 Å². The molecule has 0 aromatic heterocycles. The molecule has 4 nitrogen and oxygen atoms in total. The first kappa shape index (κ1) is 19.6. The largest absolute Gasteiger partial charge is 0.352 e. The van der Waals surface area contributed by atoms with Crippen LogP contribution in [0.1, 0.15) is 48.4 Å². The lowest BCUT2D eigenvalue weighted by molar-refractivity contribution is -0.140. The van der Waals surface area contributed by atoms with E-state index >= 15 is 0 Å². The van der Waals surface area contributed by atoms with Gasteiger partial charge < -0.3 is 10.2 Å². The molecule has 1 heterocycles. The van der Waals surface area contributed by atoms with Gasteiger partial charge in [0.1, 0.15) is 5.82 Å². The molecule has 2 aromatic rings. The van der Waals surface area contributed by atoms with Gasteiger partial charge in [0.05, 0.1) is 12.0 Å². The van der Waals surface area contributed by atoms with E-state index in [0.717, 1.165) is 30.4 Å². The number of hydrogen-bond acceptors (Lipinski definition) is 2. The topological polar surface area (TPSA) is 49.4 Å². The van der Waals surface area contributed by atoms with Crippen molar-refractivity contribution >= 4 is 11.8 Å². The summed E-state index contributed by atoms with van der Waals surface area (Å²) in [7, 11) is 0. The molecule has 152 valence electrons. The van der Waals surface area contributed by atoms with Crippen molar-refractivity contribution in [1.29, 1.82) is 0 Å². The van der Waals surface area contributed by atoms with Crippen molar-refractivity contribution in [3.05, 3.63) is 71.0 Å². The summed E-state index contributed by atoms with van der Waals surface area (Å²) in [5, 5.41) is 3.02. The minimum Gasteiger partial charge on any atom is -0.352 e. The van der Waals surface area contributed by atoms with Gasteiger partial charge in [-0.2, -0.15) is 0 Å². The third-order valence-corrected chi connectivity index (χ3v) is 6.04. The summed E-state index contributed by atoms with van der Waals surface area (Å²) in [6.07, 6.45) is 3.29. The smallest absolute Gasteiger partial charge is 0.226 e. The van der Waals surface area contributed by atoms with Gasteiger partial charge in [0.15, 0.2) is 0 Å². The van der Waals surface area contributed by atoms with Crippen LogP contribution in [0.4, 0.5) is 4.39 Å². The normalized spacial score (nSPS) is 21.7. The van der Waals surface area contributed by atoms with Crippen molar-refractivity contribution in [2.24, 2.45) is 11.8 Å². The number of nitrogens with zero attached hydrogens (tertiary/aromatic N) is 1. The number of halogens is 1. The molecule has 0 radical (unpaired) electrons. The Morgan fingerprint density at radius 2 is 1.76 bits per heavy atom. The van der Waals surface area contributed by atoms with Crippen LogP contribution in [0.15, 0.2) is 48.5 Å². The van der Waals surface area contributed by atoms with Crippen molar-refractivity contribution in [2.45, 2.75) is 45.2 Å². The van der Waals surface area contributed by atoms with Gasteiger partial charge in [-0.15, -0.1) is 0 Å². The van der Waals surface area contributed by atoms with Crippen LogP contribution in [0.3, 0.4) is 0 Å². The van der Waals surface area contributed by atoms with Gasteiger partial charge in [0, 0.05) is 19.0 Å². The molecule has 0 spiro atoms. The highest BCUT2D eigenvalue weighted by Gasteiger charge is 2.41. The maximum absolute atomic E-state index is 13.7. The monoisotopic (exact) mass is 394 g/mol. The molecule has 1 saturated carbocycles. The first-order valence-corrected chi connectivity index (χ1v) is 10.4. The van der Waals surface area contributed by atoms with E-state index < -0.39 is 0 Å². The molecule has 1 saturated heterocycles. The number of carbonyl (C=O) groups is 2. The van der Waals surface area contributed by atoms with Crippen molar-refractivity contribution in [2.75, 3.05) is 6.54 Å². The average molecular weight is 394 g/mol. The highest BCUT2D eigenvalue weighted by molar-refractivity contribution is 5.84. The van der Waals surface area contributed by atoms with Crippen LogP contribution >= 0.6 is 0 Å². The summed E-state index contributed by atoms with van der Waals surface area (Å²) in [5.41, 5.74) is 2.60. The average Bonchev–Trinajstić information content (AvgIpc) is 3.59. The first-order valence-electron chi connectivity index (χ1n) is 10.4. The van der Waals surface area contributed by atoms with Gasteiger partial charge >= 0.3 is 0 Å². The summed E-state index contributed by atoms with van der Waals surface area (Å²) in [6.45, 7) is 2.67.